The standard InChI is InChI=1S/C12H18N2O2/c1-2-7-13-10(15)12(5-6-12)11(16)14-8-3-4-9-14/h2H,1,3-9H2,(H,13,15). The van der Waals surface area contributed by atoms with E-state index in [2.05, 4.69) is 11.9 Å². The third-order valence-electron chi connectivity index (χ3n) is 3.39. The second-order valence-electron chi connectivity index (χ2n) is 4.58. The van der Waals surface area contributed by atoms with E-state index in [9.17, 15) is 9.59 Å². The van der Waals surface area contributed by atoms with Crippen LogP contribution >= 0.6 is 0 Å². The maximum Gasteiger partial charge on any atom is 0.238 e. The van der Waals surface area contributed by atoms with Crippen molar-refractivity contribution in [3.63, 3.8) is 0 Å². The highest BCUT2D eigenvalue weighted by molar-refractivity contribution is 6.07. The van der Waals surface area contributed by atoms with Crippen molar-refractivity contribution in [2.24, 2.45) is 5.41 Å². The van der Waals surface area contributed by atoms with Crippen LogP contribution in [0.15, 0.2) is 12.7 Å². The second-order valence-corrected chi connectivity index (χ2v) is 4.58. The van der Waals surface area contributed by atoms with Crippen molar-refractivity contribution < 1.29 is 9.59 Å². The Morgan fingerprint density at radius 1 is 1.31 bits per heavy atom. The molecule has 1 N–H and O–H groups in total. The minimum Gasteiger partial charge on any atom is -0.352 e. The SMILES string of the molecule is C=CCNC(=O)C1(C(=O)N2CCCC2)CC1. The highest BCUT2D eigenvalue weighted by Crippen LogP contribution is 2.47. The van der Waals surface area contributed by atoms with E-state index in [-0.39, 0.29) is 11.8 Å². The van der Waals surface area contributed by atoms with Gasteiger partial charge >= 0.3 is 0 Å². The Morgan fingerprint density at radius 3 is 2.44 bits per heavy atom. The monoisotopic (exact) mass is 222 g/mol. The molecule has 0 bridgehead atoms. The molecule has 2 amide bonds. The van der Waals surface area contributed by atoms with Crippen molar-refractivity contribution in [1.29, 1.82) is 0 Å². The topological polar surface area (TPSA) is 49.4 Å². The van der Waals surface area contributed by atoms with Crippen LogP contribution in [-0.2, 0) is 9.59 Å². The van der Waals surface area contributed by atoms with Crippen LogP contribution in [-0.4, -0.2) is 36.3 Å². The molecule has 0 aromatic rings. The molecule has 4 heteroatoms. The normalized spacial score (nSPS) is 21.6. The van der Waals surface area contributed by atoms with Crippen molar-refractivity contribution >= 4 is 11.8 Å². The van der Waals surface area contributed by atoms with Crippen LogP contribution in [0.25, 0.3) is 0 Å². The highest BCUT2D eigenvalue weighted by atomic mass is 16.2. The molecule has 1 heterocycles. The minimum atomic E-state index is -0.729. The van der Waals surface area contributed by atoms with Gasteiger partial charge in [0.2, 0.25) is 11.8 Å². The number of nitrogens with one attached hydrogen (secondary N) is 1. The van der Waals surface area contributed by atoms with Crippen LogP contribution in [0.2, 0.25) is 0 Å². The number of carbonyl (C=O) groups is 2. The van der Waals surface area contributed by atoms with Gasteiger partial charge in [-0.2, -0.15) is 0 Å². The molecular weight excluding hydrogens is 204 g/mol. The zero-order chi connectivity index (χ0) is 11.6. The molecule has 0 spiro atoms. The molecule has 0 atom stereocenters. The van der Waals surface area contributed by atoms with Gasteiger partial charge in [-0.15, -0.1) is 6.58 Å². The molecule has 4 nitrogen and oxygen atoms in total. The number of rotatable bonds is 4. The predicted octanol–water partition coefficient (Wildman–Crippen LogP) is 0.691. The predicted molar refractivity (Wildman–Crippen MR) is 60.7 cm³/mol. The van der Waals surface area contributed by atoms with Crippen LogP contribution < -0.4 is 5.32 Å². The van der Waals surface area contributed by atoms with Gasteiger partial charge in [-0.25, -0.2) is 0 Å². The number of carbonyl (C=O) groups excluding carboxylic acids is 2. The van der Waals surface area contributed by atoms with Crippen LogP contribution in [0.5, 0.6) is 0 Å². The van der Waals surface area contributed by atoms with Crippen molar-refractivity contribution in [1.82, 2.24) is 10.2 Å². The number of hydrogen-bond donors (Lipinski definition) is 1. The lowest BCUT2D eigenvalue weighted by atomic mass is 10.0. The molecule has 88 valence electrons. The fraction of sp³-hybridized carbons (Fsp3) is 0.667. The average molecular weight is 222 g/mol. The highest BCUT2D eigenvalue weighted by Gasteiger charge is 2.57. The van der Waals surface area contributed by atoms with Crippen LogP contribution in [0, 0.1) is 5.41 Å². The Labute approximate surface area is 95.7 Å². The van der Waals surface area contributed by atoms with Gasteiger partial charge in [0, 0.05) is 19.6 Å². The third kappa shape index (κ3) is 1.84. The van der Waals surface area contributed by atoms with E-state index < -0.39 is 5.41 Å². The van der Waals surface area contributed by atoms with Crippen LogP contribution in [0.3, 0.4) is 0 Å². The molecule has 1 aliphatic heterocycles. The van der Waals surface area contributed by atoms with E-state index in [1.54, 1.807) is 6.08 Å². The van der Waals surface area contributed by atoms with Gasteiger partial charge in [-0.3, -0.25) is 9.59 Å². The van der Waals surface area contributed by atoms with E-state index in [0.717, 1.165) is 25.9 Å². The summed E-state index contributed by atoms with van der Waals surface area (Å²) in [6.07, 6.45) is 5.16. The molecule has 1 aliphatic carbocycles. The smallest absolute Gasteiger partial charge is 0.238 e. The van der Waals surface area contributed by atoms with Gasteiger partial charge in [0.25, 0.3) is 0 Å². The molecule has 0 radical (unpaired) electrons. The Morgan fingerprint density at radius 2 is 1.94 bits per heavy atom. The van der Waals surface area contributed by atoms with Crippen LogP contribution in [0.4, 0.5) is 0 Å². The number of likely N-dealkylation sites (tertiary alicyclic amines) is 1. The zero-order valence-electron chi connectivity index (χ0n) is 9.50. The summed E-state index contributed by atoms with van der Waals surface area (Å²) in [5.74, 6) is -0.0872. The summed E-state index contributed by atoms with van der Waals surface area (Å²) in [7, 11) is 0. The lowest BCUT2D eigenvalue weighted by Gasteiger charge is -2.21. The van der Waals surface area contributed by atoms with Gasteiger partial charge in [-0.05, 0) is 25.7 Å². The minimum absolute atomic E-state index is 0.0339. The zero-order valence-corrected chi connectivity index (χ0v) is 9.50. The summed E-state index contributed by atoms with van der Waals surface area (Å²) in [5.41, 5.74) is -0.729. The Kier molecular flexibility index (Phi) is 2.99. The average Bonchev–Trinajstić information content (AvgIpc) is 2.93. The fourth-order valence-corrected chi connectivity index (χ4v) is 2.22. The third-order valence-corrected chi connectivity index (χ3v) is 3.39. The molecule has 1 saturated heterocycles. The number of amides is 2. The Hall–Kier alpha value is -1.32. The van der Waals surface area contributed by atoms with E-state index in [1.807, 2.05) is 4.90 Å². The maximum absolute atomic E-state index is 12.2. The molecule has 1 saturated carbocycles. The molecule has 0 unspecified atom stereocenters. The summed E-state index contributed by atoms with van der Waals surface area (Å²) < 4.78 is 0. The van der Waals surface area contributed by atoms with E-state index in [1.165, 1.54) is 0 Å². The van der Waals surface area contributed by atoms with E-state index in [4.69, 9.17) is 0 Å². The molecule has 0 aromatic heterocycles. The summed E-state index contributed by atoms with van der Waals surface area (Å²) in [6, 6.07) is 0. The van der Waals surface area contributed by atoms with Gasteiger partial charge in [0.1, 0.15) is 5.41 Å². The van der Waals surface area contributed by atoms with E-state index in [0.29, 0.717) is 19.4 Å². The fourth-order valence-electron chi connectivity index (χ4n) is 2.22. The summed E-state index contributed by atoms with van der Waals surface area (Å²) in [5, 5.41) is 2.73. The van der Waals surface area contributed by atoms with Gasteiger partial charge in [-0.1, -0.05) is 6.08 Å². The maximum atomic E-state index is 12.2. The lowest BCUT2D eigenvalue weighted by molar-refractivity contribution is -0.143. The summed E-state index contributed by atoms with van der Waals surface area (Å²) in [4.78, 5) is 25.9. The van der Waals surface area contributed by atoms with Crippen molar-refractivity contribution in [3.05, 3.63) is 12.7 Å². The van der Waals surface area contributed by atoms with Crippen molar-refractivity contribution in [2.75, 3.05) is 19.6 Å². The number of hydrogen-bond acceptors (Lipinski definition) is 2. The summed E-state index contributed by atoms with van der Waals surface area (Å²) in [6.45, 7) is 5.62. The van der Waals surface area contributed by atoms with Gasteiger partial charge in [0.05, 0.1) is 0 Å². The first-order valence-electron chi connectivity index (χ1n) is 5.89. The first-order chi connectivity index (χ1) is 7.70. The Balaban J connectivity index is 1.98. The molecule has 2 fully saturated rings. The first kappa shape index (κ1) is 11.2. The largest absolute Gasteiger partial charge is 0.352 e. The molecule has 16 heavy (non-hydrogen) atoms. The molecular formula is C12H18N2O2. The van der Waals surface area contributed by atoms with Crippen molar-refractivity contribution in [3.8, 4) is 0 Å². The molecule has 2 aliphatic rings. The van der Waals surface area contributed by atoms with Crippen LogP contribution in [0.1, 0.15) is 25.7 Å². The van der Waals surface area contributed by atoms with Gasteiger partial charge in [0.15, 0.2) is 0 Å². The Bertz CT molecular complexity index is 315. The molecule has 2 rings (SSSR count). The quantitative estimate of drug-likeness (QED) is 0.562. The van der Waals surface area contributed by atoms with E-state index >= 15 is 0 Å². The second kappa shape index (κ2) is 4.28. The van der Waals surface area contributed by atoms with Crippen molar-refractivity contribution in [2.45, 2.75) is 25.7 Å². The lowest BCUT2D eigenvalue weighted by Crippen LogP contribution is -2.44. The summed E-state index contributed by atoms with van der Waals surface area (Å²) >= 11 is 0. The van der Waals surface area contributed by atoms with Gasteiger partial charge < -0.3 is 10.2 Å². The molecule has 0 aromatic carbocycles. The first-order valence-corrected chi connectivity index (χ1v) is 5.89. The number of nitrogens with zero attached hydrogens (tertiary/aromatic N) is 1.